The molecule has 2 amide bonds. The lowest BCUT2D eigenvalue weighted by Crippen LogP contribution is -2.30. The molecule has 0 N–H and O–H groups in total. The third kappa shape index (κ3) is 3.94. The molecular formula is C18H20N2O3S. The second-order valence-electron chi connectivity index (χ2n) is 5.81. The van der Waals surface area contributed by atoms with Gasteiger partial charge >= 0.3 is 0 Å². The Morgan fingerprint density at radius 1 is 1.29 bits per heavy atom. The summed E-state index contributed by atoms with van der Waals surface area (Å²) in [5.74, 6) is 0.719. The Hall–Kier alpha value is -2.34. The van der Waals surface area contributed by atoms with E-state index < -0.39 is 0 Å². The second kappa shape index (κ2) is 7.49. The number of carbonyl (C=O) groups excluding carboxylic acids is 2. The van der Waals surface area contributed by atoms with Crippen LogP contribution < -0.4 is 9.64 Å². The normalized spacial score (nSPS) is 14.0. The zero-order valence-electron chi connectivity index (χ0n) is 13.6. The third-order valence-electron chi connectivity index (χ3n) is 4.01. The summed E-state index contributed by atoms with van der Waals surface area (Å²) in [4.78, 5) is 27.3. The average molecular weight is 344 g/mol. The fraction of sp³-hybridized carbons (Fsp3) is 0.333. The summed E-state index contributed by atoms with van der Waals surface area (Å²) in [7, 11) is 1.77. The highest BCUT2D eigenvalue weighted by Crippen LogP contribution is 2.23. The zero-order chi connectivity index (χ0) is 16.9. The highest BCUT2D eigenvalue weighted by molar-refractivity contribution is 7.07. The van der Waals surface area contributed by atoms with Gasteiger partial charge in [-0.3, -0.25) is 9.59 Å². The summed E-state index contributed by atoms with van der Waals surface area (Å²) in [6.07, 6.45) is 1.52. The van der Waals surface area contributed by atoms with Crippen molar-refractivity contribution in [2.45, 2.75) is 19.4 Å². The van der Waals surface area contributed by atoms with Crippen LogP contribution in [0.15, 0.2) is 41.1 Å². The highest BCUT2D eigenvalue weighted by atomic mass is 32.1. The molecule has 126 valence electrons. The highest BCUT2D eigenvalue weighted by Gasteiger charge is 2.21. The molecule has 1 saturated heterocycles. The molecule has 2 aromatic rings. The molecule has 5 nitrogen and oxygen atoms in total. The van der Waals surface area contributed by atoms with Gasteiger partial charge in [-0.2, -0.15) is 11.3 Å². The van der Waals surface area contributed by atoms with Gasteiger partial charge in [-0.1, -0.05) is 0 Å². The van der Waals surface area contributed by atoms with Crippen LogP contribution in [0.5, 0.6) is 5.75 Å². The number of carbonyl (C=O) groups is 2. The minimum atomic E-state index is -0.0694. The van der Waals surface area contributed by atoms with Crippen LogP contribution in [0.2, 0.25) is 0 Å². The molecule has 6 heteroatoms. The van der Waals surface area contributed by atoms with Crippen molar-refractivity contribution in [1.29, 1.82) is 0 Å². The van der Waals surface area contributed by atoms with Gasteiger partial charge in [0.2, 0.25) is 5.91 Å². The van der Waals surface area contributed by atoms with Crippen molar-refractivity contribution in [1.82, 2.24) is 4.90 Å². The smallest absolute Gasteiger partial charge is 0.260 e. The minimum Gasteiger partial charge on any atom is -0.484 e. The molecular weight excluding hydrogens is 324 g/mol. The van der Waals surface area contributed by atoms with Gasteiger partial charge in [0.1, 0.15) is 5.75 Å². The molecule has 2 heterocycles. The van der Waals surface area contributed by atoms with E-state index >= 15 is 0 Å². The Kier molecular flexibility index (Phi) is 5.15. The van der Waals surface area contributed by atoms with Crippen LogP contribution in [0.25, 0.3) is 0 Å². The van der Waals surface area contributed by atoms with Gasteiger partial charge in [-0.05, 0) is 53.1 Å². The maximum Gasteiger partial charge on any atom is 0.260 e. The van der Waals surface area contributed by atoms with Crippen molar-refractivity contribution >= 4 is 28.8 Å². The molecule has 0 aliphatic carbocycles. The lowest BCUT2D eigenvalue weighted by Gasteiger charge is -2.18. The number of hydrogen-bond acceptors (Lipinski definition) is 4. The van der Waals surface area contributed by atoms with E-state index in [4.69, 9.17) is 4.74 Å². The predicted octanol–water partition coefficient (Wildman–Crippen LogP) is 2.91. The Bertz CT molecular complexity index is 698. The van der Waals surface area contributed by atoms with E-state index in [0.29, 0.717) is 18.7 Å². The number of rotatable bonds is 6. The van der Waals surface area contributed by atoms with E-state index in [-0.39, 0.29) is 18.4 Å². The van der Waals surface area contributed by atoms with Crippen LogP contribution >= 0.6 is 11.3 Å². The number of ether oxygens (including phenoxy) is 1. The van der Waals surface area contributed by atoms with E-state index in [9.17, 15) is 9.59 Å². The predicted molar refractivity (Wildman–Crippen MR) is 94.3 cm³/mol. The number of nitrogens with zero attached hydrogens (tertiary/aromatic N) is 2. The molecule has 24 heavy (non-hydrogen) atoms. The van der Waals surface area contributed by atoms with Gasteiger partial charge in [-0.25, -0.2) is 0 Å². The lowest BCUT2D eigenvalue weighted by molar-refractivity contribution is -0.132. The average Bonchev–Trinajstić information content (AvgIpc) is 3.24. The maximum atomic E-state index is 12.1. The Balaban J connectivity index is 1.51. The Morgan fingerprint density at radius 3 is 2.71 bits per heavy atom. The van der Waals surface area contributed by atoms with Crippen LogP contribution in [0.1, 0.15) is 18.4 Å². The fourth-order valence-electron chi connectivity index (χ4n) is 2.64. The van der Waals surface area contributed by atoms with E-state index in [0.717, 1.165) is 24.2 Å². The molecule has 0 spiro atoms. The van der Waals surface area contributed by atoms with E-state index in [1.807, 2.05) is 29.0 Å². The van der Waals surface area contributed by atoms with Crippen LogP contribution in [0.3, 0.4) is 0 Å². The first-order valence-electron chi connectivity index (χ1n) is 7.92. The van der Waals surface area contributed by atoms with Gasteiger partial charge in [-0.15, -0.1) is 0 Å². The topological polar surface area (TPSA) is 49.9 Å². The largest absolute Gasteiger partial charge is 0.484 e. The standard InChI is InChI=1S/C18H20N2O3S/c1-19(11-14-8-10-24-13-14)18(22)12-23-16-6-4-15(5-7-16)20-9-2-3-17(20)21/h4-8,10,13H,2-3,9,11-12H2,1H3. The lowest BCUT2D eigenvalue weighted by atomic mass is 10.3. The van der Waals surface area contributed by atoms with Crippen molar-refractivity contribution in [2.24, 2.45) is 0 Å². The maximum absolute atomic E-state index is 12.1. The summed E-state index contributed by atoms with van der Waals surface area (Å²) in [5.41, 5.74) is 2.00. The van der Waals surface area contributed by atoms with Gasteiger partial charge in [0, 0.05) is 32.2 Å². The molecule has 0 radical (unpaired) electrons. The monoisotopic (exact) mass is 344 g/mol. The molecule has 3 rings (SSSR count). The molecule has 0 atom stereocenters. The minimum absolute atomic E-state index is 0.00261. The fourth-order valence-corrected chi connectivity index (χ4v) is 3.30. The SMILES string of the molecule is CN(Cc1ccsc1)C(=O)COc1ccc(N2CCCC2=O)cc1. The summed E-state index contributed by atoms with van der Waals surface area (Å²) in [6, 6.07) is 9.32. The number of hydrogen-bond donors (Lipinski definition) is 0. The number of anilines is 1. The molecule has 1 aromatic carbocycles. The van der Waals surface area contributed by atoms with Crippen LogP contribution in [0, 0.1) is 0 Å². The summed E-state index contributed by atoms with van der Waals surface area (Å²) < 4.78 is 5.56. The molecule has 0 bridgehead atoms. The van der Waals surface area contributed by atoms with E-state index in [1.54, 1.807) is 40.3 Å². The molecule has 1 fully saturated rings. The van der Waals surface area contributed by atoms with Crippen molar-refractivity contribution < 1.29 is 14.3 Å². The van der Waals surface area contributed by atoms with Gasteiger partial charge in [0.05, 0.1) is 0 Å². The quantitative estimate of drug-likeness (QED) is 0.810. The van der Waals surface area contributed by atoms with Crippen LogP contribution in [0.4, 0.5) is 5.69 Å². The summed E-state index contributed by atoms with van der Waals surface area (Å²) in [6.45, 7) is 1.36. The van der Waals surface area contributed by atoms with Gasteiger partial charge in [0.25, 0.3) is 5.91 Å². The first-order valence-corrected chi connectivity index (χ1v) is 8.86. The number of likely N-dealkylation sites (N-methyl/N-ethyl adjacent to an activating group) is 1. The zero-order valence-corrected chi connectivity index (χ0v) is 14.4. The summed E-state index contributed by atoms with van der Waals surface area (Å²) in [5, 5.41) is 4.03. The van der Waals surface area contributed by atoms with Crippen LogP contribution in [-0.4, -0.2) is 36.9 Å². The molecule has 0 saturated carbocycles. The van der Waals surface area contributed by atoms with E-state index in [1.165, 1.54) is 0 Å². The first kappa shape index (κ1) is 16.5. The third-order valence-corrected chi connectivity index (χ3v) is 4.74. The number of benzene rings is 1. The summed E-state index contributed by atoms with van der Waals surface area (Å²) >= 11 is 1.62. The number of thiophene rings is 1. The Morgan fingerprint density at radius 2 is 2.08 bits per heavy atom. The molecule has 1 aliphatic rings. The van der Waals surface area contributed by atoms with E-state index in [2.05, 4.69) is 0 Å². The van der Waals surface area contributed by atoms with Crippen molar-refractivity contribution in [3.8, 4) is 5.75 Å². The Labute approximate surface area is 145 Å². The van der Waals surface area contributed by atoms with Crippen LogP contribution in [-0.2, 0) is 16.1 Å². The van der Waals surface area contributed by atoms with Crippen molar-refractivity contribution in [3.05, 3.63) is 46.7 Å². The second-order valence-corrected chi connectivity index (χ2v) is 6.59. The van der Waals surface area contributed by atoms with Gasteiger partial charge < -0.3 is 14.5 Å². The molecule has 0 unspecified atom stereocenters. The number of amides is 2. The van der Waals surface area contributed by atoms with Crippen molar-refractivity contribution in [2.75, 3.05) is 25.1 Å². The first-order chi connectivity index (χ1) is 11.6. The molecule has 1 aliphatic heterocycles. The van der Waals surface area contributed by atoms with Gasteiger partial charge in [0.15, 0.2) is 6.61 Å². The van der Waals surface area contributed by atoms with Crippen molar-refractivity contribution in [3.63, 3.8) is 0 Å². The molecule has 1 aromatic heterocycles.